The monoisotopic (exact) mass is 241 g/mol. The first-order valence-electron chi connectivity index (χ1n) is 5.48. The molecule has 1 unspecified atom stereocenters. The number of carbonyl (C=O) groups is 1. The van der Waals surface area contributed by atoms with Crippen LogP contribution in [0.25, 0.3) is 0 Å². The summed E-state index contributed by atoms with van der Waals surface area (Å²) in [5.74, 6) is -0.714. The fourth-order valence-electron chi connectivity index (χ4n) is 1.69. The van der Waals surface area contributed by atoms with E-state index in [0.29, 0.717) is 12.5 Å². The van der Waals surface area contributed by atoms with Crippen LogP contribution < -0.4 is 0 Å². The third-order valence-electron chi connectivity index (χ3n) is 2.84. The van der Waals surface area contributed by atoms with Gasteiger partial charge in [0.25, 0.3) is 0 Å². The number of aliphatic carboxylic acids is 1. The van der Waals surface area contributed by atoms with Gasteiger partial charge in [0, 0.05) is 17.3 Å². The molecular formula is C12H19NO2S. The Bertz CT molecular complexity index is 349. The molecule has 90 valence electrons. The predicted molar refractivity (Wildman–Crippen MR) is 67.0 cm³/mol. The van der Waals surface area contributed by atoms with E-state index < -0.39 is 5.97 Å². The summed E-state index contributed by atoms with van der Waals surface area (Å²) in [7, 11) is 2.05. The first kappa shape index (κ1) is 13.2. The molecule has 0 amide bonds. The van der Waals surface area contributed by atoms with Crippen molar-refractivity contribution in [2.45, 2.75) is 32.7 Å². The molecule has 0 spiro atoms. The van der Waals surface area contributed by atoms with Crippen LogP contribution in [-0.2, 0) is 4.79 Å². The summed E-state index contributed by atoms with van der Waals surface area (Å²) < 4.78 is 0. The van der Waals surface area contributed by atoms with E-state index in [1.807, 2.05) is 7.05 Å². The Labute approximate surface area is 101 Å². The van der Waals surface area contributed by atoms with E-state index in [4.69, 9.17) is 5.11 Å². The van der Waals surface area contributed by atoms with Gasteiger partial charge in [-0.05, 0) is 50.9 Å². The molecule has 16 heavy (non-hydrogen) atoms. The quantitative estimate of drug-likeness (QED) is 0.832. The largest absolute Gasteiger partial charge is 0.481 e. The average molecular weight is 241 g/mol. The van der Waals surface area contributed by atoms with Gasteiger partial charge in [-0.2, -0.15) is 0 Å². The van der Waals surface area contributed by atoms with E-state index in [9.17, 15) is 4.79 Å². The Morgan fingerprint density at radius 3 is 2.81 bits per heavy atom. The highest BCUT2D eigenvalue weighted by Gasteiger charge is 2.14. The lowest BCUT2D eigenvalue weighted by molar-refractivity contribution is -0.137. The first-order chi connectivity index (χ1) is 7.52. The normalized spacial score (nSPS) is 13.0. The number of thiophene rings is 1. The molecule has 1 aromatic rings. The molecule has 0 saturated heterocycles. The minimum absolute atomic E-state index is 0.250. The zero-order chi connectivity index (χ0) is 12.1. The molecule has 3 nitrogen and oxygen atoms in total. The number of rotatable bonds is 6. The van der Waals surface area contributed by atoms with Crippen molar-refractivity contribution in [3.63, 3.8) is 0 Å². The van der Waals surface area contributed by atoms with Crippen LogP contribution in [-0.4, -0.2) is 29.6 Å². The summed E-state index contributed by atoms with van der Waals surface area (Å²) in [5, 5.41) is 10.7. The summed E-state index contributed by atoms with van der Waals surface area (Å²) in [6, 6.07) is 2.50. The maximum atomic E-state index is 10.4. The van der Waals surface area contributed by atoms with Gasteiger partial charge >= 0.3 is 5.97 Å². The number of hydrogen-bond acceptors (Lipinski definition) is 3. The molecule has 0 aliphatic heterocycles. The fourth-order valence-corrected chi connectivity index (χ4v) is 2.74. The highest BCUT2D eigenvalue weighted by Crippen LogP contribution is 2.27. The van der Waals surface area contributed by atoms with Crippen molar-refractivity contribution in [1.29, 1.82) is 0 Å². The van der Waals surface area contributed by atoms with Gasteiger partial charge in [-0.15, -0.1) is 11.3 Å². The van der Waals surface area contributed by atoms with Gasteiger partial charge in [0.15, 0.2) is 0 Å². The summed E-state index contributed by atoms with van der Waals surface area (Å²) in [4.78, 5) is 14.0. The van der Waals surface area contributed by atoms with Gasteiger partial charge in [-0.25, -0.2) is 0 Å². The van der Waals surface area contributed by atoms with Gasteiger partial charge in [0.2, 0.25) is 0 Å². The number of aryl methyl sites for hydroxylation is 1. The molecule has 0 bridgehead atoms. The first-order valence-corrected chi connectivity index (χ1v) is 6.36. The van der Waals surface area contributed by atoms with Gasteiger partial charge in [-0.3, -0.25) is 9.69 Å². The fraction of sp³-hybridized carbons (Fsp3) is 0.583. The summed E-state index contributed by atoms with van der Waals surface area (Å²) in [5.41, 5.74) is 1.32. The second kappa shape index (κ2) is 6.01. The van der Waals surface area contributed by atoms with E-state index >= 15 is 0 Å². The Morgan fingerprint density at radius 1 is 1.62 bits per heavy atom. The zero-order valence-electron chi connectivity index (χ0n) is 10.1. The van der Waals surface area contributed by atoms with E-state index in [-0.39, 0.29) is 6.42 Å². The minimum Gasteiger partial charge on any atom is -0.481 e. The molecule has 0 fully saturated rings. The highest BCUT2D eigenvalue weighted by molar-refractivity contribution is 7.10. The van der Waals surface area contributed by atoms with Crippen molar-refractivity contribution >= 4 is 17.3 Å². The van der Waals surface area contributed by atoms with Crippen molar-refractivity contribution in [3.8, 4) is 0 Å². The van der Waals surface area contributed by atoms with Crippen molar-refractivity contribution in [1.82, 2.24) is 4.90 Å². The molecule has 1 atom stereocenters. The molecule has 0 saturated carbocycles. The standard InChI is InChI=1S/C12H19NO2S/c1-9-6-8-16-12(9)10(2)13(3)7-4-5-11(14)15/h6,8,10H,4-5,7H2,1-3H3,(H,14,15). The van der Waals surface area contributed by atoms with Crippen LogP contribution >= 0.6 is 11.3 Å². The van der Waals surface area contributed by atoms with Crippen LogP contribution in [0.4, 0.5) is 0 Å². The van der Waals surface area contributed by atoms with Crippen LogP contribution in [0.15, 0.2) is 11.4 Å². The van der Waals surface area contributed by atoms with E-state index in [2.05, 4.69) is 30.2 Å². The third-order valence-corrected chi connectivity index (χ3v) is 4.03. The van der Waals surface area contributed by atoms with E-state index in [0.717, 1.165) is 6.54 Å². The molecule has 0 aliphatic carbocycles. The summed E-state index contributed by atoms with van der Waals surface area (Å²) in [6.45, 7) is 5.11. The van der Waals surface area contributed by atoms with Gasteiger partial charge < -0.3 is 5.11 Å². The molecular weight excluding hydrogens is 222 g/mol. The van der Waals surface area contributed by atoms with Crippen LogP contribution in [0.5, 0.6) is 0 Å². The number of carboxylic acids is 1. The van der Waals surface area contributed by atoms with Crippen molar-refractivity contribution < 1.29 is 9.90 Å². The zero-order valence-corrected chi connectivity index (χ0v) is 10.9. The number of nitrogens with zero attached hydrogens (tertiary/aromatic N) is 1. The van der Waals surface area contributed by atoms with Gasteiger partial charge in [0.05, 0.1) is 0 Å². The van der Waals surface area contributed by atoms with Crippen molar-refractivity contribution in [3.05, 3.63) is 21.9 Å². The van der Waals surface area contributed by atoms with E-state index in [1.165, 1.54) is 10.4 Å². The maximum absolute atomic E-state index is 10.4. The summed E-state index contributed by atoms with van der Waals surface area (Å²) in [6.07, 6.45) is 0.959. The molecule has 1 rings (SSSR count). The molecule has 0 aromatic carbocycles. The van der Waals surface area contributed by atoms with Gasteiger partial charge in [0.1, 0.15) is 0 Å². The lowest BCUT2D eigenvalue weighted by atomic mass is 10.1. The van der Waals surface area contributed by atoms with Crippen LogP contribution in [0.1, 0.15) is 36.2 Å². The van der Waals surface area contributed by atoms with Crippen LogP contribution in [0, 0.1) is 6.92 Å². The second-order valence-corrected chi connectivity index (χ2v) is 5.07. The lowest BCUT2D eigenvalue weighted by Crippen LogP contribution is -2.23. The van der Waals surface area contributed by atoms with Crippen molar-refractivity contribution in [2.24, 2.45) is 0 Å². The Hall–Kier alpha value is -0.870. The smallest absolute Gasteiger partial charge is 0.303 e. The van der Waals surface area contributed by atoms with Crippen molar-refractivity contribution in [2.75, 3.05) is 13.6 Å². The Morgan fingerprint density at radius 2 is 2.31 bits per heavy atom. The second-order valence-electron chi connectivity index (χ2n) is 4.12. The minimum atomic E-state index is -0.714. The number of hydrogen-bond donors (Lipinski definition) is 1. The highest BCUT2D eigenvalue weighted by atomic mass is 32.1. The third kappa shape index (κ3) is 3.61. The number of carboxylic acid groups (broad SMARTS) is 1. The molecule has 1 heterocycles. The predicted octanol–water partition coefficient (Wildman–Crippen LogP) is 2.91. The van der Waals surface area contributed by atoms with Gasteiger partial charge in [-0.1, -0.05) is 0 Å². The topological polar surface area (TPSA) is 40.5 Å². The SMILES string of the molecule is Cc1ccsc1C(C)N(C)CCCC(=O)O. The average Bonchev–Trinajstić information content (AvgIpc) is 2.62. The Kier molecular flexibility index (Phi) is 4.96. The maximum Gasteiger partial charge on any atom is 0.303 e. The summed E-state index contributed by atoms with van der Waals surface area (Å²) >= 11 is 1.77. The molecule has 1 aromatic heterocycles. The molecule has 0 radical (unpaired) electrons. The van der Waals surface area contributed by atoms with Crippen LogP contribution in [0.3, 0.4) is 0 Å². The van der Waals surface area contributed by atoms with E-state index in [1.54, 1.807) is 11.3 Å². The molecule has 4 heteroatoms. The lowest BCUT2D eigenvalue weighted by Gasteiger charge is -2.24. The van der Waals surface area contributed by atoms with Crippen LogP contribution in [0.2, 0.25) is 0 Å². The molecule has 0 aliphatic rings. The Balaban J connectivity index is 2.45. The molecule has 1 N–H and O–H groups in total.